The van der Waals surface area contributed by atoms with Gasteiger partial charge in [0.15, 0.2) is 5.78 Å². The first-order valence-electron chi connectivity index (χ1n) is 13.3. The number of alkyl halides is 1. The Labute approximate surface area is 243 Å². The number of Topliss-reactive ketones (excluding diaryl/α,β-unsaturated/α-hetero) is 1. The summed E-state index contributed by atoms with van der Waals surface area (Å²) in [4.78, 5) is 49.8. The van der Waals surface area contributed by atoms with E-state index in [0.29, 0.717) is 29.9 Å². The second-order valence-electron chi connectivity index (χ2n) is 11.8. The van der Waals surface area contributed by atoms with Crippen molar-refractivity contribution in [2.24, 2.45) is 11.3 Å². The molecule has 1 fully saturated rings. The lowest BCUT2D eigenvalue weighted by molar-refractivity contribution is -0.139. The maximum Gasteiger partial charge on any atom is 0.245 e. The Bertz CT molecular complexity index is 1410. The number of carbonyl (C=O) groups is 3. The summed E-state index contributed by atoms with van der Waals surface area (Å²) in [6.07, 6.45) is 4.98. The van der Waals surface area contributed by atoms with Gasteiger partial charge < -0.3 is 10.2 Å². The zero-order valence-corrected chi connectivity index (χ0v) is 25.9. The van der Waals surface area contributed by atoms with Gasteiger partial charge >= 0.3 is 0 Å². The van der Waals surface area contributed by atoms with E-state index in [1.807, 2.05) is 26.0 Å². The van der Waals surface area contributed by atoms with Gasteiger partial charge in [-0.05, 0) is 61.3 Å². The van der Waals surface area contributed by atoms with E-state index in [4.69, 9.17) is 0 Å². The summed E-state index contributed by atoms with van der Waals surface area (Å²) >= 11 is 2.26. The molecule has 0 bridgehead atoms. The first-order chi connectivity index (χ1) is 18.3. The Kier molecular flexibility index (Phi) is 8.44. The van der Waals surface area contributed by atoms with Crippen molar-refractivity contribution in [3.8, 4) is 11.1 Å². The monoisotopic (exact) mass is 644 g/mol. The molecule has 1 aliphatic heterocycles. The minimum absolute atomic E-state index is 0.0599. The van der Waals surface area contributed by atoms with Crippen molar-refractivity contribution in [1.82, 2.24) is 30.0 Å². The van der Waals surface area contributed by atoms with Gasteiger partial charge in [-0.1, -0.05) is 50.3 Å². The molecule has 1 N–H and O–H groups in total. The molecule has 0 saturated carbocycles. The van der Waals surface area contributed by atoms with E-state index in [2.05, 4.69) is 70.7 Å². The molecule has 1 saturated heterocycles. The number of likely N-dealkylation sites (tertiary alicyclic amines) is 1. The average Bonchev–Trinajstić information content (AvgIpc) is 3.36. The Morgan fingerprint density at radius 3 is 2.38 bits per heavy atom. The standard InChI is InChI=1S/C29H37IN6O3/c1-16-10-20(21-13-32-19(4)33-14-21)12-22-25(18(3)37)34-35(26(16)22)15-24(38)36-23(11-17(2)27(36)30)28(39)31-9-8-29(5,6)7/h10,12-14,17,23,27H,8-9,11,15H2,1-7H3,(H,31,39)/t17-,23-,27-/m0/s1. The van der Waals surface area contributed by atoms with Crippen LogP contribution in [0.15, 0.2) is 24.5 Å². The van der Waals surface area contributed by atoms with Gasteiger partial charge in [0.05, 0.1) is 9.57 Å². The summed E-state index contributed by atoms with van der Waals surface area (Å²) in [6.45, 7) is 14.2. The Morgan fingerprint density at radius 1 is 1.10 bits per heavy atom. The fourth-order valence-corrected chi connectivity index (χ4v) is 6.06. The Balaban J connectivity index is 1.64. The number of benzene rings is 1. The van der Waals surface area contributed by atoms with Crippen molar-refractivity contribution in [3.05, 3.63) is 41.6 Å². The smallest absolute Gasteiger partial charge is 0.245 e. The number of halogens is 1. The second-order valence-corrected chi connectivity index (χ2v) is 13.1. The normalized spacial score (nSPS) is 19.5. The van der Waals surface area contributed by atoms with Crippen molar-refractivity contribution in [1.29, 1.82) is 0 Å². The van der Waals surface area contributed by atoms with E-state index in [0.717, 1.165) is 28.6 Å². The Morgan fingerprint density at radius 2 is 1.77 bits per heavy atom. The van der Waals surface area contributed by atoms with E-state index in [1.165, 1.54) is 6.92 Å². The van der Waals surface area contributed by atoms with Crippen LogP contribution in [0.4, 0.5) is 0 Å². The summed E-state index contributed by atoms with van der Waals surface area (Å²) in [5.41, 5.74) is 3.75. The van der Waals surface area contributed by atoms with Crippen molar-refractivity contribution in [2.45, 2.75) is 77.9 Å². The van der Waals surface area contributed by atoms with Crippen molar-refractivity contribution >= 4 is 51.1 Å². The van der Waals surface area contributed by atoms with E-state index in [9.17, 15) is 14.4 Å². The predicted octanol–water partition coefficient (Wildman–Crippen LogP) is 4.86. The van der Waals surface area contributed by atoms with Crippen LogP contribution in [0.3, 0.4) is 0 Å². The van der Waals surface area contributed by atoms with Gasteiger partial charge in [-0.15, -0.1) is 0 Å². The highest BCUT2D eigenvalue weighted by Crippen LogP contribution is 2.35. The summed E-state index contributed by atoms with van der Waals surface area (Å²) in [5, 5.41) is 8.31. The predicted molar refractivity (Wildman–Crippen MR) is 160 cm³/mol. The SMILES string of the molecule is CC(=O)c1nn(CC(=O)N2[C@H](I)[C@@H](C)C[C@H]2C(=O)NCCC(C)(C)C)c2c(C)cc(-c3cnc(C)nc3)cc12. The lowest BCUT2D eigenvalue weighted by Crippen LogP contribution is -2.49. The van der Waals surface area contributed by atoms with Crippen LogP contribution < -0.4 is 5.32 Å². The summed E-state index contributed by atoms with van der Waals surface area (Å²) in [5.74, 6) is 0.370. The maximum atomic E-state index is 13.8. The zero-order chi connectivity index (χ0) is 28.6. The quantitative estimate of drug-likeness (QED) is 0.170. The van der Waals surface area contributed by atoms with E-state index in [-0.39, 0.29) is 39.5 Å². The molecule has 39 heavy (non-hydrogen) atoms. The average molecular weight is 645 g/mol. The number of carbonyl (C=O) groups excluding carboxylic acids is 3. The van der Waals surface area contributed by atoms with Crippen LogP contribution in [-0.2, 0) is 16.1 Å². The summed E-state index contributed by atoms with van der Waals surface area (Å²) < 4.78 is 1.50. The molecule has 2 aromatic heterocycles. The molecule has 1 aromatic carbocycles. The van der Waals surface area contributed by atoms with Crippen LogP contribution in [0.5, 0.6) is 0 Å². The number of ketones is 1. The van der Waals surface area contributed by atoms with Crippen molar-refractivity contribution in [3.63, 3.8) is 0 Å². The lowest BCUT2D eigenvalue weighted by Gasteiger charge is -2.28. The first-order valence-corrected chi connectivity index (χ1v) is 14.6. The van der Waals surface area contributed by atoms with Gasteiger partial charge in [0.2, 0.25) is 11.8 Å². The van der Waals surface area contributed by atoms with E-state index in [1.54, 1.807) is 22.0 Å². The number of hydrogen-bond donors (Lipinski definition) is 1. The third kappa shape index (κ3) is 6.31. The lowest BCUT2D eigenvalue weighted by atomic mass is 9.92. The molecule has 1 aliphatic rings. The van der Waals surface area contributed by atoms with Crippen LogP contribution in [-0.4, -0.2) is 58.9 Å². The van der Waals surface area contributed by atoms with Gasteiger partial charge in [-0.3, -0.25) is 19.1 Å². The summed E-state index contributed by atoms with van der Waals surface area (Å²) in [7, 11) is 0. The molecular weight excluding hydrogens is 607 g/mol. The largest absolute Gasteiger partial charge is 0.354 e. The van der Waals surface area contributed by atoms with Crippen LogP contribution in [0, 0.1) is 25.2 Å². The van der Waals surface area contributed by atoms with E-state index < -0.39 is 6.04 Å². The number of aromatic nitrogens is 4. The molecule has 10 heteroatoms. The van der Waals surface area contributed by atoms with Gasteiger partial charge in [-0.2, -0.15) is 5.10 Å². The van der Waals surface area contributed by atoms with Crippen LogP contribution in [0.1, 0.15) is 69.3 Å². The molecule has 3 aromatic rings. The molecule has 4 rings (SSSR count). The number of nitrogens with one attached hydrogen (secondary N) is 1. The molecule has 0 radical (unpaired) electrons. The highest BCUT2D eigenvalue weighted by molar-refractivity contribution is 14.1. The number of aryl methyl sites for hydroxylation is 2. The number of amides is 2. The topological polar surface area (TPSA) is 110 Å². The van der Waals surface area contributed by atoms with Crippen LogP contribution in [0.2, 0.25) is 0 Å². The second kappa shape index (κ2) is 11.3. The highest BCUT2D eigenvalue weighted by Gasteiger charge is 2.44. The minimum atomic E-state index is -0.530. The zero-order valence-electron chi connectivity index (χ0n) is 23.7. The Hall–Kier alpha value is -2.89. The minimum Gasteiger partial charge on any atom is -0.354 e. The molecule has 0 spiro atoms. The highest BCUT2D eigenvalue weighted by atomic mass is 127. The van der Waals surface area contributed by atoms with Gasteiger partial charge in [0.25, 0.3) is 0 Å². The number of rotatable bonds is 7. The van der Waals surface area contributed by atoms with Crippen molar-refractivity contribution in [2.75, 3.05) is 6.54 Å². The van der Waals surface area contributed by atoms with Gasteiger partial charge in [0, 0.05) is 36.8 Å². The van der Waals surface area contributed by atoms with E-state index >= 15 is 0 Å². The molecule has 2 amide bonds. The first kappa shape index (κ1) is 29.1. The van der Waals surface area contributed by atoms with Crippen LogP contribution >= 0.6 is 22.6 Å². The molecular formula is C29H37IN6O3. The molecule has 0 aliphatic carbocycles. The number of nitrogens with zero attached hydrogens (tertiary/aromatic N) is 5. The molecule has 3 heterocycles. The summed E-state index contributed by atoms with van der Waals surface area (Å²) in [6, 6.07) is 3.37. The third-order valence-electron chi connectivity index (χ3n) is 7.20. The van der Waals surface area contributed by atoms with Gasteiger partial charge in [-0.25, -0.2) is 9.97 Å². The number of fused-ring (bicyclic) bond motifs is 1. The fourth-order valence-electron chi connectivity index (χ4n) is 5.07. The molecule has 208 valence electrons. The number of hydrogen-bond acceptors (Lipinski definition) is 6. The third-order valence-corrected chi connectivity index (χ3v) is 9.03. The van der Waals surface area contributed by atoms with Gasteiger partial charge in [0.1, 0.15) is 24.1 Å². The molecule has 3 atom stereocenters. The maximum absolute atomic E-state index is 13.8. The van der Waals surface area contributed by atoms with Crippen molar-refractivity contribution < 1.29 is 14.4 Å². The van der Waals surface area contributed by atoms with Crippen LogP contribution in [0.25, 0.3) is 22.0 Å². The molecule has 9 nitrogen and oxygen atoms in total. The molecule has 0 unspecified atom stereocenters. The fraction of sp³-hybridized carbons (Fsp3) is 0.517.